The van der Waals surface area contributed by atoms with Gasteiger partial charge in [0.25, 0.3) is 0 Å². The van der Waals surface area contributed by atoms with Gasteiger partial charge in [-0.25, -0.2) is 0 Å². The molecule has 3 rings (SSSR count). The molecule has 18 heavy (non-hydrogen) atoms. The smallest absolute Gasteiger partial charge is 0.128 e. The molecule has 2 heteroatoms. The van der Waals surface area contributed by atoms with Gasteiger partial charge in [0.2, 0.25) is 0 Å². The van der Waals surface area contributed by atoms with Crippen molar-refractivity contribution >= 4 is 6.08 Å². The van der Waals surface area contributed by atoms with E-state index in [4.69, 9.17) is 4.74 Å². The lowest BCUT2D eigenvalue weighted by molar-refractivity contribution is 0.238. The standard InChI is InChI=1S/C16H14O2/c1-2-11-3-8-15-13(9-11)10-16(18-15)12-4-6-14(17)7-5-12/h2-9,16-17H,1,10H2/t16-/m1/s1. The van der Waals surface area contributed by atoms with Gasteiger partial charge in [0.15, 0.2) is 0 Å². The second-order valence-electron chi connectivity index (χ2n) is 4.47. The molecular weight excluding hydrogens is 224 g/mol. The topological polar surface area (TPSA) is 29.5 Å². The minimum atomic E-state index is 0.0423. The summed E-state index contributed by atoms with van der Waals surface area (Å²) in [6, 6.07) is 13.3. The van der Waals surface area contributed by atoms with Gasteiger partial charge in [-0.2, -0.15) is 0 Å². The summed E-state index contributed by atoms with van der Waals surface area (Å²) in [5.74, 6) is 1.22. The highest BCUT2D eigenvalue weighted by molar-refractivity contribution is 5.53. The molecule has 0 amide bonds. The van der Waals surface area contributed by atoms with Gasteiger partial charge in [-0.15, -0.1) is 0 Å². The van der Waals surface area contributed by atoms with E-state index in [0.29, 0.717) is 0 Å². The maximum Gasteiger partial charge on any atom is 0.128 e. The van der Waals surface area contributed by atoms with Crippen LogP contribution in [0.25, 0.3) is 6.08 Å². The van der Waals surface area contributed by atoms with Gasteiger partial charge in [-0.05, 0) is 41.0 Å². The second kappa shape index (κ2) is 4.22. The first-order valence-electron chi connectivity index (χ1n) is 5.97. The van der Waals surface area contributed by atoms with Crippen molar-refractivity contribution in [2.24, 2.45) is 0 Å². The van der Waals surface area contributed by atoms with Crippen molar-refractivity contribution in [3.8, 4) is 11.5 Å². The molecule has 0 saturated heterocycles. The van der Waals surface area contributed by atoms with Crippen LogP contribution in [0.2, 0.25) is 0 Å². The fourth-order valence-electron chi connectivity index (χ4n) is 2.27. The molecule has 2 nitrogen and oxygen atoms in total. The maximum atomic E-state index is 9.29. The SMILES string of the molecule is C=Cc1ccc2c(c1)C[C@H](c1ccc(O)cc1)O2. The molecule has 0 saturated carbocycles. The predicted octanol–water partition coefficient (Wildman–Crippen LogP) is 3.71. The van der Waals surface area contributed by atoms with Crippen LogP contribution in [0.1, 0.15) is 22.8 Å². The van der Waals surface area contributed by atoms with Crippen molar-refractivity contribution in [1.29, 1.82) is 0 Å². The molecule has 1 aliphatic rings. The van der Waals surface area contributed by atoms with Crippen LogP contribution in [0, 0.1) is 0 Å². The Balaban J connectivity index is 1.88. The van der Waals surface area contributed by atoms with Crippen LogP contribution in [0.15, 0.2) is 49.0 Å². The number of hydrogen-bond acceptors (Lipinski definition) is 2. The quantitative estimate of drug-likeness (QED) is 0.864. The lowest BCUT2D eigenvalue weighted by atomic mass is 10.0. The number of aromatic hydroxyl groups is 1. The van der Waals surface area contributed by atoms with Gasteiger partial charge in [0.05, 0.1) is 0 Å². The second-order valence-corrected chi connectivity index (χ2v) is 4.47. The molecule has 0 fully saturated rings. The molecule has 0 radical (unpaired) electrons. The number of fused-ring (bicyclic) bond motifs is 1. The summed E-state index contributed by atoms with van der Waals surface area (Å²) in [5.41, 5.74) is 3.42. The van der Waals surface area contributed by atoms with Gasteiger partial charge >= 0.3 is 0 Å². The van der Waals surface area contributed by atoms with E-state index in [2.05, 4.69) is 12.6 Å². The summed E-state index contributed by atoms with van der Waals surface area (Å²) < 4.78 is 5.92. The largest absolute Gasteiger partial charge is 0.508 e. The Kier molecular flexibility index (Phi) is 2.56. The monoisotopic (exact) mass is 238 g/mol. The number of benzene rings is 2. The van der Waals surface area contributed by atoms with E-state index < -0.39 is 0 Å². The molecule has 90 valence electrons. The van der Waals surface area contributed by atoms with Gasteiger partial charge < -0.3 is 9.84 Å². The highest BCUT2D eigenvalue weighted by Gasteiger charge is 2.24. The molecule has 0 aliphatic carbocycles. The Morgan fingerprint density at radius 2 is 1.94 bits per heavy atom. The maximum absolute atomic E-state index is 9.29. The number of rotatable bonds is 2. The van der Waals surface area contributed by atoms with E-state index in [1.807, 2.05) is 30.3 Å². The molecule has 1 aliphatic heterocycles. The summed E-state index contributed by atoms with van der Waals surface area (Å²) >= 11 is 0. The third kappa shape index (κ3) is 1.86. The van der Waals surface area contributed by atoms with Crippen molar-refractivity contribution in [1.82, 2.24) is 0 Å². The van der Waals surface area contributed by atoms with Crippen LogP contribution in [-0.2, 0) is 6.42 Å². The van der Waals surface area contributed by atoms with Gasteiger partial charge in [-0.1, -0.05) is 30.9 Å². The Hall–Kier alpha value is -2.22. The first kappa shape index (κ1) is 10.9. The van der Waals surface area contributed by atoms with E-state index in [0.717, 1.165) is 23.3 Å². The molecular formula is C16H14O2. The van der Waals surface area contributed by atoms with Crippen molar-refractivity contribution in [2.45, 2.75) is 12.5 Å². The van der Waals surface area contributed by atoms with Crippen molar-refractivity contribution in [2.75, 3.05) is 0 Å². The molecule has 1 N–H and O–H groups in total. The lowest BCUT2D eigenvalue weighted by Gasteiger charge is -2.10. The number of ether oxygens (including phenoxy) is 1. The Morgan fingerprint density at radius 3 is 2.67 bits per heavy atom. The van der Waals surface area contributed by atoms with Gasteiger partial charge in [0.1, 0.15) is 17.6 Å². The van der Waals surface area contributed by atoms with Gasteiger partial charge in [-0.3, -0.25) is 0 Å². The Bertz CT molecular complexity index is 585. The van der Waals surface area contributed by atoms with E-state index >= 15 is 0 Å². The van der Waals surface area contributed by atoms with Crippen LogP contribution in [0.4, 0.5) is 0 Å². The average molecular weight is 238 g/mol. The van der Waals surface area contributed by atoms with Crippen LogP contribution in [0.3, 0.4) is 0 Å². The lowest BCUT2D eigenvalue weighted by Crippen LogP contribution is -2.02. The molecule has 0 bridgehead atoms. The fraction of sp³-hybridized carbons (Fsp3) is 0.125. The van der Waals surface area contributed by atoms with Crippen LogP contribution >= 0.6 is 0 Å². The third-order valence-electron chi connectivity index (χ3n) is 3.26. The fourth-order valence-corrected chi connectivity index (χ4v) is 2.27. The van der Waals surface area contributed by atoms with Gasteiger partial charge in [0, 0.05) is 6.42 Å². The molecule has 0 spiro atoms. The zero-order chi connectivity index (χ0) is 12.5. The summed E-state index contributed by atoms with van der Waals surface area (Å²) in [6.45, 7) is 3.77. The van der Waals surface area contributed by atoms with Crippen LogP contribution in [-0.4, -0.2) is 5.11 Å². The molecule has 1 atom stereocenters. The first-order valence-corrected chi connectivity index (χ1v) is 5.97. The minimum Gasteiger partial charge on any atom is -0.508 e. The number of phenols is 1. The molecule has 0 unspecified atom stereocenters. The van der Waals surface area contributed by atoms with E-state index in [9.17, 15) is 5.11 Å². The molecule has 1 heterocycles. The molecule has 2 aromatic carbocycles. The van der Waals surface area contributed by atoms with Crippen LogP contribution < -0.4 is 4.74 Å². The molecule has 0 aromatic heterocycles. The molecule has 2 aromatic rings. The predicted molar refractivity (Wildman–Crippen MR) is 71.7 cm³/mol. The number of phenolic OH excluding ortho intramolecular Hbond substituents is 1. The average Bonchev–Trinajstić information content (AvgIpc) is 2.82. The first-order chi connectivity index (χ1) is 8.76. The highest BCUT2D eigenvalue weighted by Crippen LogP contribution is 2.37. The highest BCUT2D eigenvalue weighted by atomic mass is 16.5. The number of hydrogen-bond donors (Lipinski definition) is 1. The van der Waals surface area contributed by atoms with Crippen molar-refractivity contribution in [3.63, 3.8) is 0 Å². The summed E-state index contributed by atoms with van der Waals surface area (Å²) in [5, 5.41) is 9.29. The van der Waals surface area contributed by atoms with Crippen LogP contribution in [0.5, 0.6) is 11.5 Å². The van der Waals surface area contributed by atoms with E-state index in [1.165, 1.54) is 5.56 Å². The van der Waals surface area contributed by atoms with Crippen molar-refractivity contribution in [3.05, 3.63) is 65.7 Å². The Morgan fingerprint density at radius 1 is 1.17 bits per heavy atom. The summed E-state index contributed by atoms with van der Waals surface area (Å²) in [6.07, 6.45) is 2.75. The Labute approximate surface area is 106 Å². The normalized spacial score (nSPS) is 17.0. The van der Waals surface area contributed by atoms with Crippen molar-refractivity contribution < 1.29 is 9.84 Å². The third-order valence-corrected chi connectivity index (χ3v) is 3.26. The summed E-state index contributed by atoms with van der Waals surface area (Å²) in [7, 11) is 0. The zero-order valence-electron chi connectivity index (χ0n) is 9.97. The summed E-state index contributed by atoms with van der Waals surface area (Å²) in [4.78, 5) is 0. The minimum absolute atomic E-state index is 0.0423. The van der Waals surface area contributed by atoms with E-state index in [1.54, 1.807) is 12.1 Å². The zero-order valence-corrected chi connectivity index (χ0v) is 9.97. The van der Waals surface area contributed by atoms with E-state index in [-0.39, 0.29) is 11.9 Å².